The largest absolute Gasteiger partial charge is 0.484 e. The Morgan fingerprint density at radius 2 is 2.33 bits per heavy atom. The van der Waals surface area contributed by atoms with Gasteiger partial charge >= 0.3 is 0 Å². The second-order valence-corrected chi connectivity index (χ2v) is 5.85. The molecule has 7 nitrogen and oxygen atoms in total. The average molecular weight is 355 g/mol. The lowest BCUT2D eigenvalue weighted by Crippen LogP contribution is -2.33. The van der Waals surface area contributed by atoms with Gasteiger partial charge in [0.05, 0.1) is 28.9 Å². The van der Waals surface area contributed by atoms with Crippen molar-refractivity contribution >= 4 is 17.5 Å². The van der Waals surface area contributed by atoms with Gasteiger partial charge < -0.3 is 14.4 Å². The Kier molecular flexibility index (Phi) is 4.96. The summed E-state index contributed by atoms with van der Waals surface area (Å²) in [6.07, 6.45) is 1.47. The highest BCUT2D eigenvalue weighted by atomic mass is 35.5. The molecule has 0 saturated carbocycles. The molecule has 128 valence electrons. The van der Waals surface area contributed by atoms with Crippen LogP contribution in [0.5, 0.6) is 5.75 Å². The minimum atomic E-state index is -0.534. The number of halogens is 2. The summed E-state index contributed by atoms with van der Waals surface area (Å²) in [6.45, 7) is 0.752. The SMILES string of the molecule is CO[C@@H]1CN(C(=O)COc2ccc(F)c(Cl)c2)C[C@H]1c1cn[nH]n1. The molecule has 3 rings (SSSR count). The Morgan fingerprint density at radius 1 is 1.50 bits per heavy atom. The highest BCUT2D eigenvalue weighted by Crippen LogP contribution is 2.28. The molecule has 24 heavy (non-hydrogen) atoms. The molecule has 0 aliphatic carbocycles. The van der Waals surface area contributed by atoms with Crippen molar-refractivity contribution in [3.63, 3.8) is 0 Å². The van der Waals surface area contributed by atoms with Crippen molar-refractivity contribution in [1.82, 2.24) is 20.3 Å². The second-order valence-electron chi connectivity index (χ2n) is 5.44. The Hall–Kier alpha value is -2.19. The van der Waals surface area contributed by atoms with Crippen LogP contribution in [0.25, 0.3) is 0 Å². The number of H-pyrrole nitrogens is 1. The van der Waals surface area contributed by atoms with Crippen LogP contribution in [-0.2, 0) is 9.53 Å². The molecule has 0 unspecified atom stereocenters. The maximum Gasteiger partial charge on any atom is 0.260 e. The third kappa shape index (κ3) is 3.49. The maximum absolute atomic E-state index is 13.1. The van der Waals surface area contributed by atoms with Crippen molar-refractivity contribution in [1.29, 1.82) is 0 Å². The fraction of sp³-hybridized carbons (Fsp3) is 0.400. The van der Waals surface area contributed by atoms with Crippen molar-refractivity contribution in [2.24, 2.45) is 0 Å². The van der Waals surface area contributed by atoms with Gasteiger partial charge in [-0.3, -0.25) is 4.79 Å². The summed E-state index contributed by atoms with van der Waals surface area (Å²) in [5.74, 6) is -0.431. The van der Waals surface area contributed by atoms with Crippen LogP contribution in [0, 0.1) is 5.82 Å². The van der Waals surface area contributed by atoms with Crippen LogP contribution in [0.3, 0.4) is 0 Å². The second kappa shape index (κ2) is 7.14. The third-order valence-corrected chi connectivity index (χ3v) is 4.28. The molecule has 1 aliphatic rings. The smallest absolute Gasteiger partial charge is 0.260 e. The third-order valence-electron chi connectivity index (χ3n) is 3.99. The molecule has 1 aromatic carbocycles. The van der Waals surface area contributed by atoms with Gasteiger partial charge in [0.1, 0.15) is 11.6 Å². The molecule has 2 atom stereocenters. The van der Waals surface area contributed by atoms with Gasteiger partial charge in [-0.2, -0.15) is 15.4 Å². The van der Waals surface area contributed by atoms with E-state index in [1.165, 1.54) is 18.2 Å². The fourth-order valence-corrected chi connectivity index (χ4v) is 2.86. The monoisotopic (exact) mass is 354 g/mol. The van der Waals surface area contributed by atoms with Crippen LogP contribution in [0.15, 0.2) is 24.4 Å². The summed E-state index contributed by atoms with van der Waals surface area (Å²) in [6, 6.07) is 3.96. The van der Waals surface area contributed by atoms with Crippen LogP contribution in [0.2, 0.25) is 5.02 Å². The number of nitrogens with one attached hydrogen (secondary N) is 1. The lowest BCUT2D eigenvalue weighted by molar-refractivity contribution is -0.132. The number of ether oxygens (including phenoxy) is 2. The standard InChI is InChI=1S/C15H16ClFN4O3/c1-23-14-7-21(6-10(14)13-5-18-20-19-13)15(22)8-24-9-2-3-12(17)11(16)4-9/h2-5,10,14H,6-8H2,1H3,(H,18,19,20)/t10-,14+/m0/s1. The van der Waals surface area contributed by atoms with Crippen LogP contribution in [0.1, 0.15) is 11.6 Å². The zero-order valence-electron chi connectivity index (χ0n) is 12.9. The number of nitrogens with zero attached hydrogens (tertiary/aromatic N) is 3. The van der Waals surface area contributed by atoms with E-state index in [2.05, 4.69) is 15.4 Å². The molecule has 0 bridgehead atoms. The summed E-state index contributed by atoms with van der Waals surface area (Å²) in [4.78, 5) is 14.0. The lowest BCUT2D eigenvalue weighted by atomic mass is 10.0. The van der Waals surface area contributed by atoms with E-state index in [-0.39, 0.29) is 29.6 Å². The number of hydrogen-bond donors (Lipinski definition) is 1. The van der Waals surface area contributed by atoms with Gasteiger partial charge in [-0.25, -0.2) is 4.39 Å². The number of carbonyl (C=O) groups is 1. The molecule has 0 radical (unpaired) electrons. The van der Waals surface area contributed by atoms with Crippen LogP contribution >= 0.6 is 11.6 Å². The van der Waals surface area contributed by atoms with Gasteiger partial charge in [-0.05, 0) is 12.1 Å². The van der Waals surface area contributed by atoms with Crippen LogP contribution < -0.4 is 4.74 Å². The van der Waals surface area contributed by atoms with E-state index in [4.69, 9.17) is 21.1 Å². The first-order valence-electron chi connectivity index (χ1n) is 7.32. The molecule has 1 aromatic heterocycles. The van der Waals surface area contributed by atoms with E-state index in [1.807, 2.05) is 0 Å². The number of carbonyl (C=O) groups excluding carboxylic acids is 1. The number of benzene rings is 1. The van der Waals surface area contributed by atoms with Crippen LogP contribution in [0.4, 0.5) is 4.39 Å². The van der Waals surface area contributed by atoms with Crippen molar-refractivity contribution in [3.8, 4) is 5.75 Å². The van der Waals surface area contributed by atoms with Crippen molar-refractivity contribution < 1.29 is 18.7 Å². The Bertz CT molecular complexity index is 713. The number of aromatic nitrogens is 3. The van der Waals surface area contributed by atoms with E-state index < -0.39 is 5.82 Å². The Morgan fingerprint density at radius 3 is 3.00 bits per heavy atom. The first-order chi connectivity index (χ1) is 11.6. The molecule has 2 heterocycles. The van der Waals surface area contributed by atoms with Gasteiger partial charge in [0, 0.05) is 26.3 Å². The first kappa shape index (κ1) is 16.7. The molecule has 9 heteroatoms. The minimum Gasteiger partial charge on any atom is -0.484 e. The minimum absolute atomic E-state index is 0.0436. The molecule has 1 N–H and O–H groups in total. The lowest BCUT2D eigenvalue weighted by Gasteiger charge is -2.16. The van der Waals surface area contributed by atoms with Gasteiger partial charge in [-0.1, -0.05) is 11.6 Å². The average Bonchev–Trinajstić information content (AvgIpc) is 3.24. The normalized spacial score (nSPS) is 20.4. The van der Waals surface area contributed by atoms with E-state index in [1.54, 1.807) is 18.2 Å². The fourth-order valence-electron chi connectivity index (χ4n) is 2.69. The number of methoxy groups -OCH3 is 1. The number of amides is 1. The Balaban J connectivity index is 1.60. The molecule has 1 aliphatic heterocycles. The molecule has 2 aromatic rings. The molecule has 1 amide bonds. The zero-order valence-corrected chi connectivity index (χ0v) is 13.7. The molecular weight excluding hydrogens is 339 g/mol. The predicted molar refractivity (Wildman–Crippen MR) is 83.4 cm³/mol. The maximum atomic E-state index is 13.1. The van der Waals surface area contributed by atoms with E-state index in [0.29, 0.717) is 18.8 Å². The number of aromatic amines is 1. The zero-order chi connectivity index (χ0) is 17.1. The van der Waals surface area contributed by atoms with Gasteiger partial charge in [-0.15, -0.1) is 0 Å². The van der Waals surface area contributed by atoms with Gasteiger partial charge in [0.25, 0.3) is 5.91 Å². The molecule has 1 fully saturated rings. The molecule has 0 spiro atoms. The van der Waals surface area contributed by atoms with E-state index in [0.717, 1.165) is 5.69 Å². The van der Waals surface area contributed by atoms with Crippen molar-refractivity contribution in [2.45, 2.75) is 12.0 Å². The number of likely N-dealkylation sites (tertiary alicyclic amines) is 1. The summed E-state index contributed by atoms with van der Waals surface area (Å²) in [7, 11) is 1.60. The predicted octanol–water partition coefficient (Wildman–Crippen LogP) is 1.62. The van der Waals surface area contributed by atoms with Crippen LogP contribution in [-0.4, -0.2) is 59.1 Å². The topological polar surface area (TPSA) is 80.3 Å². The quantitative estimate of drug-likeness (QED) is 0.882. The van der Waals surface area contributed by atoms with Gasteiger partial charge in [0.15, 0.2) is 6.61 Å². The highest BCUT2D eigenvalue weighted by molar-refractivity contribution is 6.30. The number of rotatable bonds is 5. The van der Waals surface area contributed by atoms with Crippen molar-refractivity contribution in [2.75, 3.05) is 26.8 Å². The first-order valence-corrected chi connectivity index (χ1v) is 7.70. The van der Waals surface area contributed by atoms with Crippen molar-refractivity contribution in [3.05, 3.63) is 40.9 Å². The number of hydrogen-bond acceptors (Lipinski definition) is 5. The van der Waals surface area contributed by atoms with E-state index in [9.17, 15) is 9.18 Å². The Labute approximate surface area is 142 Å². The summed E-state index contributed by atoms with van der Waals surface area (Å²) < 4.78 is 24.0. The summed E-state index contributed by atoms with van der Waals surface area (Å²) in [5.41, 5.74) is 0.753. The van der Waals surface area contributed by atoms with Gasteiger partial charge in [0.2, 0.25) is 0 Å². The molecular formula is C15H16ClFN4O3. The van der Waals surface area contributed by atoms with E-state index >= 15 is 0 Å². The highest BCUT2D eigenvalue weighted by Gasteiger charge is 2.37. The molecule has 1 saturated heterocycles. The summed E-state index contributed by atoms with van der Waals surface area (Å²) in [5, 5.41) is 10.4. The summed E-state index contributed by atoms with van der Waals surface area (Å²) >= 11 is 5.69.